The van der Waals surface area contributed by atoms with E-state index in [1.54, 1.807) is 31.8 Å². The fraction of sp³-hybridized carbons (Fsp3) is 0.111. The van der Waals surface area contributed by atoms with Gasteiger partial charge in [0.15, 0.2) is 0 Å². The lowest BCUT2D eigenvalue weighted by Gasteiger charge is -2.03. The molecular formula is C9H8ClN5S. The molecule has 2 heterocycles. The monoisotopic (exact) mass is 253 g/mol. The standard InChI is InChI=1S/C9H8ClN5S/c1-11-9-14-4-6(10)8(15-9)16-7-5-12-2-3-13-7/h2-5H,1H3,(H,11,14,15). The van der Waals surface area contributed by atoms with Crippen molar-refractivity contribution in [3.63, 3.8) is 0 Å². The molecule has 0 radical (unpaired) electrons. The topological polar surface area (TPSA) is 63.6 Å². The Morgan fingerprint density at radius 2 is 2.12 bits per heavy atom. The van der Waals surface area contributed by atoms with E-state index in [9.17, 15) is 0 Å². The SMILES string of the molecule is CNc1ncc(Cl)c(Sc2cnccn2)n1. The molecule has 0 unspecified atom stereocenters. The molecule has 0 atom stereocenters. The summed E-state index contributed by atoms with van der Waals surface area (Å²) >= 11 is 7.33. The largest absolute Gasteiger partial charge is 0.357 e. The van der Waals surface area contributed by atoms with Crippen LogP contribution in [0.2, 0.25) is 5.02 Å². The van der Waals surface area contributed by atoms with Gasteiger partial charge in [-0.3, -0.25) is 4.98 Å². The van der Waals surface area contributed by atoms with Gasteiger partial charge in [-0.05, 0) is 11.8 Å². The summed E-state index contributed by atoms with van der Waals surface area (Å²) in [5.74, 6) is 0.524. The Balaban J connectivity index is 2.27. The lowest BCUT2D eigenvalue weighted by atomic mass is 10.6. The summed E-state index contributed by atoms with van der Waals surface area (Å²) in [5.41, 5.74) is 0. The molecule has 5 nitrogen and oxygen atoms in total. The molecule has 0 aromatic carbocycles. The molecule has 7 heteroatoms. The molecule has 0 aliphatic rings. The fourth-order valence-electron chi connectivity index (χ4n) is 0.981. The van der Waals surface area contributed by atoms with Crippen LogP contribution in [0.4, 0.5) is 5.95 Å². The lowest BCUT2D eigenvalue weighted by molar-refractivity contribution is 1.02. The van der Waals surface area contributed by atoms with Crippen molar-refractivity contribution >= 4 is 29.3 Å². The van der Waals surface area contributed by atoms with Crippen LogP contribution in [0, 0.1) is 0 Å². The molecule has 0 bridgehead atoms. The zero-order valence-electron chi connectivity index (χ0n) is 8.38. The summed E-state index contributed by atoms with van der Waals surface area (Å²) in [6.07, 6.45) is 6.45. The second-order valence-corrected chi connectivity index (χ2v) is 4.16. The average molecular weight is 254 g/mol. The maximum absolute atomic E-state index is 5.98. The van der Waals surface area contributed by atoms with Crippen molar-refractivity contribution in [3.8, 4) is 0 Å². The molecule has 2 aromatic heterocycles. The maximum Gasteiger partial charge on any atom is 0.223 e. The highest BCUT2D eigenvalue weighted by Gasteiger charge is 2.07. The number of nitrogens with zero attached hydrogens (tertiary/aromatic N) is 4. The van der Waals surface area contributed by atoms with Crippen molar-refractivity contribution in [2.75, 3.05) is 12.4 Å². The Bertz CT molecular complexity index is 479. The third-order valence-electron chi connectivity index (χ3n) is 1.68. The molecule has 1 N–H and O–H groups in total. The van der Waals surface area contributed by atoms with E-state index in [4.69, 9.17) is 11.6 Å². The van der Waals surface area contributed by atoms with Gasteiger partial charge in [0.1, 0.15) is 10.1 Å². The van der Waals surface area contributed by atoms with Gasteiger partial charge < -0.3 is 5.32 Å². The lowest BCUT2D eigenvalue weighted by Crippen LogP contribution is -1.97. The smallest absolute Gasteiger partial charge is 0.223 e. The second-order valence-electron chi connectivity index (χ2n) is 2.74. The van der Waals surface area contributed by atoms with E-state index in [1.807, 2.05) is 0 Å². The van der Waals surface area contributed by atoms with Gasteiger partial charge in [0.25, 0.3) is 0 Å². The molecule has 0 spiro atoms. The van der Waals surface area contributed by atoms with Gasteiger partial charge in [-0.15, -0.1) is 0 Å². The Kier molecular flexibility index (Phi) is 3.53. The van der Waals surface area contributed by atoms with Crippen LogP contribution < -0.4 is 5.32 Å². The van der Waals surface area contributed by atoms with E-state index in [2.05, 4.69) is 25.3 Å². The third kappa shape index (κ3) is 2.59. The van der Waals surface area contributed by atoms with Crippen LogP contribution in [0.1, 0.15) is 0 Å². The van der Waals surface area contributed by atoms with Crippen LogP contribution in [-0.4, -0.2) is 27.0 Å². The fourth-order valence-corrected chi connectivity index (χ4v) is 1.90. The predicted molar refractivity (Wildman–Crippen MR) is 62.7 cm³/mol. The van der Waals surface area contributed by atoms with Gasteiger partial charge in [0.2, 0.25) is 5.95 Å². The minimum Gasteiger partial charge on any atom is -0.357 e. The minimum absolute atomic E-state index is 0.495. The Morgan fingerprint density at radius 3 is 2.81 bits per heavy atom. The second kappa shape index (κ2) is 5.09. The van der Waals surface area contributed by atoms with Crippen molar-refractivity contribution in [1.29, 1.82) is 0 Å². The molecular weight excluding hydrogens is 246 g/mol. The van der Waals surface area contributed by atoms with Gasteiger partial charge in [-0.2, -0.15) is 0 Å². The van der Waals surface area contributed by atoms with E-state index in [-0.39, 0.29) is 0 Å². The molecule has 0 amide bonds. The van der Waals surface area contributed by atoms with Crippen LogP contribution in [0.5, 0.6) is 0 Å². The summed E-state index contributed by atoms with van der Waals surface area (Å²) in [4.78, 5) is 16.3. The van der Waals surface area contributed by atoms with E-state index in [0.717, 1.165) is 5.03 Å². The molecule has 0 saturated heterocycles. The predicted octanol–water partition coefficient (Wildman–Crippen LogP) is 2.11. The maximum atomic E-state index is 5.98. The van der Waals surface area contributed by atoms with Crippen molar-refractivity contribution < 1.29 is 0 Å². The van der Waals surface area contributed by atoms with Crippen molar-refractivity contribution in [1.82, 2.24) is 19.9 Å². The number of halogens is 1. The van der Waals surface area contributed by atoms with Crippen molar-refractivity contribution in [3.05, 3.63) is 29.8 Å². The van der Waals surface area contributed by atoms with Gasteiger partial charge in [-0.1, -0.05) is 11.6 Å². The Hall–Kier alpha value is -1.40. The number of hydrogen-bond acceptors (Lipinski definition) is 6. The van der Waals surface area contributed by atoms with Crippen LogP contribution in [0.15, 0.2) is 34.8 Å². The first-order valence-corrected chi connectivity index (χ1v) is 5.63. The van der Waals surface area contributed by atoms with E-state index in [1.165, 1.54) is 11.8 Å². The van der Waals surface area contributed by atoms with Crippen LogP contribution in [0.3, 0.4) is 0 Å². The number of aromatic nitrogens is 4. The van der Waals surface area contributed by atoms with Gasteiger partial charge in [0.05, 0.1) is 17.4 Å². The molecule has 0 fully saturated rings. The summed E-state index contributed by atoms with van der Waals surface area (Å²) in [7, 11) is 1.75. The average Bonchev–Trinajstić information content (AvgIpc) is 2.33. The molecule has 0 aliphatic heterocycles. The molecule has 0 saturated carbocycles. The van der Waals surface area contributed by atoms with Crippen LogP contribution in [-0.2, 0) is 0 Å². The molecule has 0 aliphatic carbocycles. The first-order valence-electron chi connectivity index (χ1n) is 4.44. The number of hydrogen-bond donors (Lipinski definition) is 1. The quantitative estimate of drug-likeness (QED) is 0.846. The highest BCUT2D eigenvalue weighted by Crippen LogP contribution is 2.29. The number of anilines is 1. The zero-order valence-corrected chi connectivity index (χ0v) is 9.96. The molecule has 16 heavy (non-hydrogen) atoms. The molecule has 82 valence electrons. The van der Waals surface area contributed by atoms with Crippen molar-refractivity contribution in [2.24, 2.45) is 0 Å². The van der Waals surface area contributed by atoms with Crippen LogP contribution >= 0.6 is 23.4 Å². The van der Waals surface area contributed by atoms with Gasteiger partial charge in [-0.25, -0.2) is 15.0 Å². The Morgan fingerprint density at radius 1 is 1.25 bits per heavy atom. The summed E-state index contributed by atoms with van der Waals surface area (Å²) in [6, 6.07) is 0. The van der Waals surface area contributed by atoms with E-state index in [0.29, 0.717) is 16.0 Å². The summed E-state index contributed by atoms with van der Waals surface area (Å²) in [5, 5.41) is 4.74. The minimum atomic E-state index is 0.495. The van der Waals surface area contributed by atoms with E-state index < -0.39 is 0 Å². The number of rotatable bonds is 3. The van der Waals surface area contributed by atoms with Gasteiger partial charge in [0, 0.05) is 19.4 Å². The first-order chi connectivity index (χ1) is 7.79. The first kappa shape index (κ1) is 11.1. The van der Waals surface area contributed by atoms with Crippen molar-refractivity contribution in [2.45, 2.75) is 10.1 Å². The highest BCUT2D eigenvalue weighted by molar-refractivity contribution is 7.99. The number of nitrogens with one attached hydrogen (secondary N) is 1. The summed E-state index contributed by atoms with van der Waals surface area (Å²) < 4.78 is 0. The Labute approximate surface area is 102 Å². The third-order valence-corrected chi connectivity index (χ3v) is 2.99. The van der Waals surface area contributed by atoms with Gasteiger partial charge >= 0.3 is 0 Å². The highest BCUT2D eigenvalue weighted by atomic mass is 35.5. The van der Waals surface area contributed by atoms with Crippen LogP contribution in [0.25, 0.3) is 0 Å². The molecule has 2 aromatic rings. The zero-order chi connectivity index (χ0) is 11.4. The normalized spacial score (nSPS) is 10.1. The molecule has 2 rings (SSSR count). The van der Waals surface area contributed by atoms with E-state index >= 15 is 0 Å². The summed E-state index contributed by atoms with van der Waals surface area (Å²) in [6.45, 7) is 0.